The average molecular weight is 559 g/mol. The topological polar surface area (TPSA) is 119 Å². The average Bonchev–Trinajstić information content (AvgIpc) is 2.90. The smallest absolute Gasteiger partial charge is 0.263 e. The van der Waals surface area contributed by atoms with Gasteiger partial charge in [0.15, 0.2) is 5.82 Å². The zero-order valence-electron chi connectivity index (χ0n) is 19.5. The van der Waals surface area contributed by atoms with E-state index in [1.54, 1.807) is 42.5 Å². The molecule has 12 heteroatoms. The van der Waals surface area contributed by atoms with E-state index in [1.165, 1.54) is 28.6 Å². The highest BCUT2D eigenvalue weighted by Crippen LogP contribution is 2.25. The molecule has 2 heterocycles. The van der Waals surface area contributed by atoms with E-state index >= 15 is 0 Å². The van der Waals surface area contributed by atoms with Crippen molar-refractivity contribution in [1.29, 1.82) is 0 Å². The molecule has 1 aliphatic rings. The van der Waals surface area contributed by atoms with Crippen LogP contribution in [0.25, 0.3) is 11.0 Å². The van der Waals surface area contributed by atoms with Crippen molar-refractivity contribution in [3.05, 3.63) is 89.1 Å². The molecule has 1 fully saturated rings. The van der Waals surface area contributed by atoms with Crippen LogP contribution in [0.4, 0.5) is 5.82 Å². The third-order valence-electron chi connectivity index (χ3n) is 5.90. The Bertz CT molecular complexity index is 1640. The van der Waals surface area contributed by atoms with Gasteiger partial charge in [0.2, 0.25) is 10.0 Å². The molecule has 0 bridgehead atoms. The first-order chi connectivity index (χ1) is 17.7. The van der Waals surface area contributed by atoms with Crippen molar-refractivity contribution in [2.75, 3.05) is 31.0 Å². The van der Waals surface area contributed by atoms with Crippen LogP contribution in [0, 0.1) is 0 Å². The second-order valence-electron chi connectivity index (χ2n) is 8.40. The van der Waals surface area contributed by atoms with Crippen LogP contribution in [-0.4, -0.2) is 57.4 Å². The Morgan fingerprint density at radius 2 is 1.41 bits per heavy atom. The molecule has 4 aromatic rings. The van der Waals surface area contributed by atoms with E-state index < -0.39 is 20.0 Å². The highest BCUT2D eigenvalue weighted by molar-refractivity contribution is 7.92. The normalized spacial score (nSPS) is 15.1. The number of hydrogen-bond donors (Lipinski definition) is 1. The number of morpholine rings is 1. The van der Waals surface area contributed by atoms with Crippen molar-refractivity contribution in [2.24, 2.45) is 0 Å². The van der Waals surface area contributed by atoms with E-state index in [0.29, 0.717) is 48.1 Å². The van der Waals surface area contributed by atoms with E-state index in [0.717, 1.165) is 5.56 Å². The fraction of sp³-hybridized carbons (Fsp3) is 0.200. The van der Waals surface area contributed by atoms with Crippen LogP contribution in [0.3, 0.4) is 0 Å². The van der Waals surface area contributed by atoms with Gasteiger partial charge in [-0.15, -0.1) is 0 Å². The summed E-state index contributed by atoms with van der Waals surface area (Å²) in [5.41, 5.74) is 2.29. The van der Waals surface area contributed by atoms with E-state index in [2.05, 4.69) is 14.7 Å². The van der Waals surface area contributed by atoms with Gasteiger partial charge in [-0.1, -0.05) is 35.9 Å². The van der Waals surface area contributed by atoms with Gasteiger partial charge in [-0.05, 0) is 54.1 Å². The standard InChI is InChI=1S/C25H23ClN4O5S2/c26-19-7-11-20(12-8-19)36(31,32)29-25-24(27-22-3-1-2-4-23(22)28-25)17-18-5-9-21(10-6-18)37(33,34)30-13-15-35-16-14-30/h1-12H,13-17H2,(H,28,29). The third-order valence-corrected chi connectivity index (χ3v) is 9.42. The Morgan fingerprint density at radius 1 is 0.811 bits per heavy atom. The second kappa shape index (κ2) is 10.3. The Labute approximate surface area is 220 Å². The van der Waals surface area contributed by atoms with Gasteiger partial charge < -0.3 is 4.74 Å². The summed E-state index contributed by atoms with van der Waals surface area (Å²) in [6.07, 6.45) is 0.230. The summed E-state index contributed by atoms with van der Waals surface area (Å²) >= 11 is 5.90. The number of fused-ring (bicyclic) bond motifs is 1. The maximum absolute atomic E-state index is 13.1. The SMILES string of the molecule is O=S(=O)(Nc1nc2ccccc2nc1Cc1ccc(S(=O)(=O)N2CCOCC2)cc1)c1ccc(Cl)cc1. The summed E-state index contributed by atoms with van der Waals surface area (Å²) in [4.78, 5) is 9.40. The maximum atomic E-state index is 13.1. The van der Waals surface area contributed by atoms with Crippen molar-refractivity contribution >= 4 is 48.5 Å². The van der Waals surface area contributed by atoms with E-state index in [-0.39, 0.29) is 22.0 Å². The van der Waals surface area contributed by atoms with Crippen molar-refractivity contribution in [2.45, 2.75) is 16.2 Å². The molecule has 9 nitrogen and oxygen atoms in total. The molecule has 0 radical (unpaired) electrons. The Balaban J connectivity index is 1.46. The summed E-state index contributed by atoms with van der Waals surface area (Å²) in [5, 5.41) is 0.421. The molecule has 1 aromatic heterocycles. The van der Waals surface area contributed by atoms with Crippen molar-refractivity contribution < 1.29 is 21.6 Å². The highest BCUT2D eigenvalue weighted by atomic mass is 35.5. The number of rotatable bonds is 7. The van der Waals surface area contributed by atoms with Gasteiger partial charge in [0.1, 0.15) is 0 Å². The molecule has 0 unspecified atom stereocenters. The first-order valence-electron chi connectivity index (χ1n) is 11.4. The number of hydrogen-bond acceptors (Lipinski definition) is 7. The highest BCUT2D eigenvalue weighted by Gasteiger charge is 2.26. The van der Waals surface area contributed by atoms with Gasteiger partial charge in [-0.25, -0.2) is 26.8 Å². The summed E-state index contributed by atoms with van der Waals surface area (Å²) < 4.78 is 61.2. The number of para-hydroxylation sites is 2. The lowest BCUT2D eigenvalue weighted by Gasteiger charge is -2.26. The minimum Gasteiger partial charge on any atom is -0.379 e. The fourth-order valence-corrected chi connectivity index (χ4v) is 6.51. The van der Waals surface area contributed by atoms with E-state index in [9.17, 15) is 16.8 Å². The zero-order valence-corrected chi connectivity index (χ0v) is 21.9. The number of nitrogens with zero attached hydrogens (tertiary/aromatic N) is 3. The number of aromatic nitrogens is 2. The van der Waals surface area contributed by atoms with Crippen LogP contribution in [0.2, 0.25) is 5.02 Å². The molecular weight excluding hydrogens is 536 g/mol. The first-order valence-corrected chi connectivity index (χ1v) is 14.7. The van der Waals surface area contributed by atoms with Crippen LogP contribution in [0.5, 0.6) is 0 Å². The van der Waals surface area contributed by atoms with Gasteiger partial charge in [0.05, 0.1) is 39.7 Å². The number of benzene rings is 3. The molecule has 37 heavy (non-hydrogen) atoms. The minimum atomic E-state index is -3.96. The minimum absolute atomic E-state index is 0.0375. The predicted molar refractivity (Wildman–Crippen MR) is 141 cm³/mol. The van der Waals surface area contributed by atoms with Crippen LogP contribution in [0.15, 0.2) is 82.6 Å². The van der Waals surface area contributed by atoms with E-state index in [4.69, 9.17) is 16.3 Å². The third kappa shape index (κ3) is 5.60. The molecule has 0 aliphatic carbocycles. The molecule has 1 aliphatic heterocycles. The maximum Gasteiger partial charge on any atom is 0.263 e. The molecule has 0 spiro atoms. The lowest BCUT2D eigenvalue weighted by Crippen LogP contribution is -2.40. The number of ether oxygens (including phenoxy) is 1. The molecular formula is C25H23ClN4O5S2. The van der Waals surface area contributed by atoms with Crippen molar-refractivity contribution in [3.63, 3.8) is 0 Å². The van der Waals surface area contributed by atoms with Crippen LogP contribution in [-0.2, 0) is 31.2 Å². The van der Waals surface area contributed by atoms with Crippen LogP contribution < -0.4 is 4.72 Å². The van der Waals surface area contributed by atoms with Gasteiger partial charge in [-0.3, -0.25) is 4.72 Å². The number of halogens is 1. The number of sulfonamides is 2. The summed E-state index contributed by atoms with van der Waals surface area (Å²) in [6, 6.07) is 19.5. The molecule has 0 saturated carbocycles. The summed E-state index contributed by atoms with van der Waals surface area (Å²) in [7, 11) is -7.58. The molecule has 5 rings (SSSR count). The Kier molecular flexibility index (Phi) is 7.15. The molecule has 192 valence electrons. The van der Waals surface area contributed by atoms with Gasteiger partial charge >= 0.3 is 0 Å². The first kappa shape index (κ1) is 25.6. The Morgan fingerprint density at radius 3 is 2.05 bits per heavy atom. The Hall–Kier alpha value is -3.09. The van der Waals surface area contributed by atoms with Gasteiger partial charge in [0, 0.05) is 24.5 Å². The summed E-state index contributed by atoms with van der Waals surface area (Å²) in [5.74, 6) is 0.0960. The molecule has 3 aromatic carbocycles. The summed E-state index contributed by atoms with van der Waals surface area (Å²) in [6.45, 7) is 1.36. The van der Waals surface area contributed by atoms with Crippen molar-refractivity contribution in [3.8, 4) is 0 Å². The lowest BCUT2D eigenvalue weighted by atomic mass is 10.1. The van der Waals surface area contributed by atoms with Crippen LogP contribution >= 0.6 is 11.6 Å². The second-order valence-corrected chi connectivity index (χ2v) is 12.5. The largest absolute Gasteiger partial charge is 0.379 e. The monoisotopic (exact) mass is 558 g/mol. The van der Waals surface area contributed by atoms with E-state index in [1.807, 2.05) is 6.07 Å². The lowest BCUT2D eigenvalue weighted by molar-refractivity contribution is 0.0730. The van der Waals surface area contributed by atoms with Crippen LogP contribution in [0.1, 0.15) is 11.3 Å². The van der Waals surface area contributed by atoms with Gasteiger partial charge in [-0.2, -0.15) is 4.31 Å². The molecule has 0 amide bonds. The van der Waals surface area contributed by atoms with Gasteiger partial charge in [0.25, 0.3) is 10.0 Å². The molecule has 1 saturated heterocycles. The molecule has 0 atom stereocenters. The number of anilines is 1. The predicted octanol–water partition coefficient (Wildman–Crippen LogP) is 3.70. The number of nitrogens with one attached hydrogen (secondary N) is 1. The quantitative estimate of drug-likeness (QED) is 0.367. The fourth-order valence-electron chi connectivity index (χ4n) is 3.95. The van der Waals surface area contributed by atoms with Crippen molar-refractivity contribution in [1.82, 2.24) is 14.3 Å². The molecule has 1 N–H and O–H groups in total. The zero-order chi connectivity index (χ0) is 26.0.